The summed E-state index contributed by atoms with van der Waals surface area (Å²) in [5.41, 5.74) is 0.292. The van der Waals surface area contributed by atoms with E-state index in [1.165, 1.54) is 0 Å². The minimum absolute atomic E-state index is 0.270. The molecule has 0 aromatic rings. The van der Waals surface area contributed by atoms with Gasteiger partial charge in [-0.1, -0.05) is 6.92 Å². The Morgan fingerprint density at radius 1 is 1.33 bits per heavy atom. The van der Waals surface area contributed by atoms with Crippen LogP contribution in [-0.2, 0) is 9.84 Å². The Morgan fingerprint density at radius 3 is 2.44 bits per heavy atom. The Kier molecular flexibility index (Phi) is 4.84. The monoisotopic (exact) mass is 276 g/mol. The van der Waals surface area contributed by atoms with Crippen molar-refractivity contribution in [2.75, 3.05) is 39.0 Å². The SMILES string of the molecule is CNCC1(C)CCN(CCS(=O)(=O)C(C)(C)C)C1. The van der Waals surface area contributed by atoms with Crippen molar-refractivity contribution in [3.63, 3.8) is 0 Å². The molecular formula is C13H28N2O2S. The number of sulfone groups is 1. The summed E-state index contributed by atoms with van der Waals surface area (Å²) >= 11 is 0. The predicted molar refractivity (Wildman–Crippen MR) is 76.6 cm³/mol. The molecule has 108 valence electrons. The Morgan fingerprint density at radius 2 is 1.94 bits per heavy atom. The first-order chi connectivity index (χ1) is 8.10. The minimum Gasteiger partial charge on any atom is -0.319 e. The molecule has 5 heteroatoms. The van der Waals surface area contributed by atoms with Gasteiger partial charge in [0.15, 0.2) is 9.84 Å². The van der Waals surface area contributed by atoms with Crippen LogP contribution in [0.4, 0.5) is 0 Å². The molecule has 0 amide bonds. The fourth-order valence-electron chi connectivity index (χ4n) is 2.44. The molecule has 1 heterocycles. The standard InChI is InChI=1S/C13H28N2O2S/c1-12(2,3)18(16,17)9-8-15-7-6-13(4,11-15)10-14-5/h14H,6-11H2,1-5H3. The van der Waals surface area contributed by atoms with E-state index in [-0.39, 0.29) is 5.75 Å². The van der Waals surface area contributed by atoms with Crippen LogP contribution in [0.2, 0.25) is 0 Å². The highest BCUT2D eigenvalue weighted by atomic mass is 32.2. The number of likely N-dealkylation sites (tertiary alicyclic amines) is 1. The van der Waals surface area contributed by atoms with Gasteiger partial charge < -0.3 is 10.2 Å². The van der Waals surface area contributed by atoms with Gasteiger partial charge in [-0.3, -0.25) is 0 Å². The first-order valence-electron chi connectivity index (χ1n) is 6.69. The summed E-state index contributed by atoms with van der Waals surface area (Å²) in [7, 11) is -1.02. The Balaban J connectivity index is 2.48. The van der Waals surface area contributed by atoms with Crippen LogP contribution in [0, 0.1) is 5.41 Å². The molecule has 1 unspecified atom stereocenters. The van der Waals surface area contributed by atoms with Crippen molar-refractivity contribution in [2.45, 2.75) is 38.9 Å². The molecule has 1 fully saturated rings. The van der Waals surface area contributed by atoms with Gasteiger partial charge in [0.05, 0.1) is 10.5 Å². The molecule has 0 spiro atoms. The maximum absolute atomic E-state index is 12.1. The largest absolute Gasteiger partial charge is 0.319 e. The topological polar surface area (TPSA) is 49.4 Å². The summed E-state index contributed by atoms with van der Waals surface area (Å²) in [6, 6.07) is 0. The van der Waals surface area contributed by atoms with Crippen LogP contribution in [0.25, 0.3) is 0 Å². The fourth-order valence-corrected chi connectivity index (χ4v) is 3.55. The molecule has 1 saturated heterocycles. The van der Waals surface area contributed by atoms with Crippen LogP contribution in [-0.4, -0.2) is 57.0 Å². The Hall–Kier alpha value is -0.130. The van der Waals surface area contributed by atoms with Crippen LogP contribution in [0.5, 0.6) is 0 Å². The molecule has 0 aromatic carbocycles. The van der Waals surface area contributed by atoms with E-state index in [4.69, 9.17) is 0 Å². The van der Waals surface area contributed by atoms with Gasteiger partial charge in [0.25, 0.3) is 0 Å². The first kappa shape index (κ1) is 15.9. The summed E-state index contributed by atoms with van der Waals surface area (Å²) < 4.78 is 23.5. The second-order valence-electron chi connectivity index (χ2n) is 6.80. The van der Waals surface area contributed by atoms with Crippen molar-refractivity contribution in [3.8, 4) is 0 Å². The van der Waals surface area contributed by atoms with E-state index in [0.717, 1.165) is 26.1 Å². The van der Waals surface area contributed by atoms with E-state index in [0.29, 0.717) is 12.0 Å². The maximum Gasteiger partial charge on any atom is 0.156 e. The Labute approximate surface area is 112 Å². The van der Waals surface area contributed by atoms with Gasteiger partial charge in [-0.15, -0.1) is 0 Å². The van der Waals surface area contributed by atoms with Gasteiger partial charge in [0.1, 0.15) is 0 Å². The first-order valence-corrected chi connectivity index (χ1v) is 8.34. The predicted octanol–water partition coefficient (Wildman–Crippen LogP) is 1.13. The van der Waals surface area contributed by atoms with Crippen molar-refractivity contribution < 1.29 is 8.42 Å². The third-order valence-corrected chi connectivity index (χ3v) is 6.44. The van der Waals surface area contributed by atoms with Gasteiger partial charge in [-0.25, -0.2) is 8.42 Å². The highest BCUT2D eigenvalue weighted by molar-refractivity contribution is 7.92. The number of hydrogen-bond donors (Lipinski definition) is 1. The zero-order valence-corrected chi connectivity index (χ0v) is 13.2. The van der Waals surface area contributed by atoms with Crippen molar-refractivity contribution in [1.82, 2.24) is 10.2 Å². The number of nitrogens with zero attached hydrogens (tertiary/aromatic N) is 1. The van der Waals surface area contributed by atoms with Crippen LogP contribution in [0.1, 0.15) is 34.1 Å². The van der Waals surface area contributed by atoms with Gasteiger partial charge in [-0.2, -0.15) is 0 Å². The zero-order valence-electron chi connectivity index (χ0n) is 12.4. The normalized spacial score (nSPS) is 26.7. The molecule has 0 saturated carbocycles. The molecule has 0 bridgehead atoms. The zero-order chi connectivity index (χ0) is 14.0. The summed E-state index contributed by atoms with van der Waals surface area (Å²) in [6.45, 7) is 11.3. The smallest absolute Gasteiger partial charge is 0.156 e. The summed E-state index contributed by atoms with van der Waals surface area (Å²) in [6.07, 6.45) is 1.14. The highest BCUT2D eigenvalue weighted by Crippen LogP contribution is 2.29. The van der Waals surface area contributed by atoms with E-state index in [9.17, 15) is 8.42 Å². The van der Waals surface area contributed by atoms with Crippen molar-refractivity contribution in [2.24, 2.45) is 5.41 Å². The second-order valence-corrected chi connectivity index (χ2v) is 9.66. The minimum atomic E-state index is -2.99. The molecule has 1 aliphatic heterocycles. The van der Waals surface area contributed by atoms with Gasteiger partial charge in [0, 0.05) is 19.6 Å². The van der Waals surface area contributed by atoms with Crippen molar-refractivity contribution in [3.05, 3.63) is 0 Å². The third-order valence-electron chi connectivity index (χ3n) is 3.85. The average molecular weight is 276 g/mol. The van der Waals surface area contributed by atoms with Crippen LogP contribution < -0.4 is 5.32 Å². The quantitative estimate of drug-likeness (QED) is 0.818. The van der Waals surface area contributed by atoms with Crippen LogP contribution >= 0.6 is 0 Å². The van der Waals surface area contributed by atoms with Gasteiger partial charge >= 0.3 is 0 Å². The maximum atomic E-state index is 12.1. The van der Waals surface area contributed by atoms with Gasteiger partial charge in [-0.05, 0) is 46.2 Å². The number of hydrogen-bond acceptors (Lipinski definition) is 4. The van der Waals surface area contributed by atoms with E-state index >= 15 is 0 Å². The van der Waals surface area contributed by atoms with Crippen molar-refractivity contribution in [1.29, 1.82) is 0 Å². The molecule has 4 nitrogen and oxygen atoms in total. The lowest BCUT2D eigenvalue weighted by molar-refractivity contribution is 0.280. The van der Waals surface area contributed by atoms with Crippen LogP contribution in [0.15, 0.2) is 0 Å². The molecule has 0 aromatic heterocycles. The third kappa shape index (κ3) is 3.93. The summed E-state index contributed by atoms with van der Waals surface area (Å²) in [5.74, 6) is 0.270. The lowest BCUT2D eigenvalue weighted by Crippen LogP contribution is -2.38. The molecule has 0 aliphatic carbocycles. The fraction of sp³-hybridized carbons (Fsp3) is 1.00. The molecule has 1 aliphatic rings. The average Bonchev–Trinajstić information content (AvgIpc) is 2.56. The van der Waals surface area contributed by atoms with Gasteiger partial charge in [0.2, 0.25) is 0 Å². The summed E-state index contributed by atoms with van der Waals surface area (Å²) in [4.78, 5) is 2.28. The van der Waals surface area contributed by atoms with E-state index in [1.807, 2.05) is 7.05 Å². The second kappa shape index (κ2) is 5.47. The molecule has 0 radical (unpaired) electrons. The number of nitrogens with one attached hydrogen (secondary N) is 1. The summed E-state index contributed by atoms with van der Waals surface area (Å²) in [5, 5.41) is 3.22. The molecular weight excluding hydrogens is 248 g/mol. The highest BCUT2D eigenvalue weighted by Gasteiger charge is 2.35. The van der Waals surface area contributed by atoms with Crippen molar-refractivity contribution >= 4 is 9.84 Å². The van der Waals surface area contributed by atoms with E-state index in [1.54, 1.807) is 20.8 Å². The molecule has 1 rings (SSSR count). The van der Waals surface area contributed by atoms with E-state index < -0.39 is 14.6 Å². The van der Waals surface area contributed by atoms with Crippen LogP contribution in [0.3, 0.4) is 0 Å². The molecule has 18 heavy (non-hydrogen) atoms. The lowest BCUT2D eigenvalue weighted by atomic mass is 9.90. The Bertz CT molecular complexity index is 373. The lowest BCUT2D eigenvalue weighted by Gasteiger charge is -2.25. The molecule has 1 N–H and O–H groups in total. The number of rotatable bonds is 5. The molecule has 1 atom stereocenters. The van der Waals surface area contributed by atoms with E-state index in [2.05, 4.69) is 17.1 Å².